The normalized spacial score (nSPS) is 10.8. The highest BCUT2D eigenvalue weighted by Crippen LogP contribution is 2.19. The number of benzene rings is 1. The fourth-order valence-electron chi connectivity index (χ4n) is 1.96. The van der Waals surface area contributed by atoms with Gasteiger partial charge in [0, 0.05) is 12.1 Å². The van der Waals surface area contributed by atoms with Crippen LogP contribution in [0.25, 0.3) is 11.3 Å². The summed E-state index contributed by atoms with van der Waals surface area (Å²) in [6, 6.07) is 8.59. The van der Waals surface area contributed by atoms with Gasteiger partial charge in [-0.3, -0.25) is 0 Å². The number of aromatic nitrogens is 3. The maximum atomic E-state index is 5.50. The fourth-order valence-corrected chi connectivity index (χ4v) is 1.96. The van der Waals surface area contributed by atoms with Crippen molar-refractivity contribution in [3.63, 3.8) is 0 Å². The molecule has 0 aliphatic heterocycles. The van der Waals surface area contributed by atoms with Crippen LogP contribution in [-0.4, -0.2) is 21.5 Å². The van der Waals surface area contributed by atoms with E-state index in [1.165, 1.54) is 11.1 Å². The molecule has 1 aromatic carbocycles. The topological polar surface area (TPSA) is 56.7 Å². The van der Waals surface area contributed by atoms with Gasteiger partial charge in [0.05, 0.1) is 11.9 Å². The Morgan fingerprint density at radius 1 is 1.17 bits per heavy atom. The number of aryl methyl sites for hydroxylation is 2. The van der Waals surface area contributed by atoms with E-state index >= 15 is 0 Å². The molecule has 0 aliphatic rings. The minimum atomic E-state index is 0.731. The van der Waals surface area contributed by atoms with Crippen LogP contribution < -0.4 is 5.73 Å². The summed E-state index contributed by atoms with van der Waals surface area (Å²) in [6.45, 7) is 3.77. The highest BCUT2D eigenvalue weighted by molar-refractivity contribution is 5.58. The Morgan fingerprint density at radius 2 is 1.94 bits per heavy atom. The third-order valence-corrected chi connectivity index (χ3v) is 3.10. The molecular formula is C14H20N4. The molecule has 4 nitrogen and oxygen atoms in total. The molecule has 0 spiro atoms. The Morgan fingerprint density at radius 3 is 2.61 bits per heavy atom. The second kappa shape index (κ2) is 6.31. The summed E-state index contributed by atoms with van der Waals surface area (Å²) < 4.78 is 1.95. The van der Waals surface area contributed by atoms with E-state index in [1.807, 2.05) is 10.9 Å². The van der Waals surface area contributed by atoms with Crippen molar-refractivity contribution < 1.29 is 0 Å². The lowest BCUT2D eigenvalue weighted by atomic mass is 10.1. The molecule has 1 aromatic heterocycles. The van der Waals surface area contributed by atoms with Crippen molar-refractivity contribution in [3.05, 3.63) is 36.0 Å². The van der Waals surface area contributed by atoms with Crippen molar-refractivity contribution in [3.8, 4) is 11.3 Å². The van der Waals surface area contributed by atoms with E-state index in [1.54, 1.807) is 0 Å². The molecule has 2 aromatic rings. The van der Waals surface area contributed by atoms with Crippen molar-refractivity contribution in [1.82, 2.24) is 15.0 Å². The number of hydrogen-bond acceptors (Lipinski definition) is 3. The van der Waals surface area contributed by atoms with Crippen LogP contribution in [0.3, 0.4) is 0 Å². The average molecular weight is 244 g/mol. The number of nitrogens with zero attached hydrogens (tertiary/aromatic N) is 3. The smallest absolute Gasteiger partial charge is 0.0885 e. The van der Waals surface area contributed by atoms with Crippen molar-refractivity contribution in [2.75, 3.05) is 6.54 Å². The van der Waals surface area contributed by atoms with Gasteiger partial charge in [-0.15, -0.1) is 5.10 Å². The van der Waals surface area contributed by atoms with E-state index in [4.69, 9.17) is 5.73 Å². The highest BCUT2D eigenvalue weighted by atomic mass is 15.4. The SMILES string of the molecule is CCc1ccc(-c2cnnn2CCCCN)cc1. The molecule has 0 amide bonds. The number of rotatable bonds is 6. The van der Waals surface area contributed by atoms with Gasteiger partial charge in [0.1, 0.15) is 0 Å². The third-order valence-electron chi connectivity index (χ3n) is 3.10. The van der Waals surface area contributed by atoms with Gasteiger partial charge in [0.25, 0.3) is 0 Å². The van der Waals surface area contributed by atoms with Gasteiger partial charge >= 0.3 is 0 Å². The zero-order valence-electron chi connectivity index (χ0n) is 10.8. The lowest BCUT2D eigenvalue weighted by Gasteiger charge is -2.06. The van der Waals surface area contributed by atoms with Crippen molar-refractivity contribution in [1.29, 1.82) is 0 Å². The summed E-state index contributed by atoms with van der Waals surface area (Å²) in [7, 11) is 0. The first kappa shape index (κ1) is 12.8. The monoisotopic (exact) mass is 244 g/mol. The molecule has 1 heterocycles. The molecule has 0 saturated carbocycles. The van der Waals surface area contributed by atoms with Crippen LogP contribution in [0.15, 0.2) is 30.5 Å². The molecule has 0 unspecified atom stereocenters. The first-order chi connectivity index (χ1) is 8.85. The number of hydrogen-bond donors (Lipinski definition) is 1. The summed E-state index contributed by atoms with van der Waals surface area (Å²) in [5.74, 6) is 0. The minimum absolute atomic E-state index is 0.731. The van der Waals surface area contributed by atoms with Gasteiger partial charge in [-0.2, -0.15) is 0 Å². The van der Waals surface area contributed by atoms with E-state index in [-0.39, 0.29) is 0 Å². The molecule has 0 atom stereocenters. The summed E-state index contributed by atoms with van der Waals surface area (Å²) in [5.41, 5.74) is 9.10. The van der Waals surface area contributed by atoms with Crippen molar-refractivity contribution >= 4 is 0 Å². The van der Waals surface area contributed by atoms with Gasteiger partial charge in [-0.25, -0.2) is 4.68 Å². The quantitative estimate of drug-likeness (QED) is 0.793. The van der Waals surface area contributed by atoms with E-state index in [9.17, 15) is 0 Å². The molecular weight excluding hydrogens is 224 g/mol. The zero-order valence-corrected chi connectivity index (χ0v) is 10.8. The summed E-state index contributed by atoms with van der Waals surface area (Å²) >= 11 is 0. The van der Waals surface area contributed by atoms with Gasteiger partial charge in [-0.1, -0.05) is 36.4 Å². The second-order valence-corrected chi connectivity index (χ2v) is 4.39. The Bertz CT molecular complexity index is 473. The standard InChI is InChI=1S/C14H20N4/c1-2-12-5-7-13(8-6-12)14-11-16-17-18(14)10-4-3-9-15/h5-8,11H,2-4,9-10,15H2,1H3. The van der Waals surface area contributed by atoms with Crippen LogP contribution in [0.5, 0.6) is 0 Å². The van der Waals surface area contributed by atoms with Gasteiger partial charge in [0.2, 0.25) is 0 Å². The van der Waals surface area contributed by atoms with E-state index in [2.05, 4.69) is 41.5 Å². The maximum Gasteiger partial charge on any atom is 0.0885 e. The molecule has 2 N–H and O–H groups in total. The Hall–Kier alpha value is -1.68. The second-order valence-electron chi connectivity index (χ2n) is 4.39. The lowest BCUT2D eigenvalue weighted by Crippen LogP contribution is -2.06. The average Bonchev–Trinajstić information content (AvgIpc) is 2.88. The van der Waals surface area contributed by atoms with Crippen LogP contribution in [0, 0.1) is 0 Å². The zero-order chi connectivity index (χ0) is 12.8. The van der Waals surface area contributed by atoms with Crippen LogP contribution in [0.4, 0.5) is 0 Å². The molecule has 2 rings (SSSR count). The molecule has 0 radical (unpaired) electrons. The van der Waals surface area contributed by atoms with E-state index in [0.717, 1.165) is 38.0 Å². The van der Waals surface area contributed by atoms with Gasteiger partial charge in [0.15, 0.2) is 0 Å². The van der Waals surface area contributed by atoms with Crippen LogP contribution in [0.1, 0.15) is 25.3 Å². The summed E-state index contributed by atoms with van der Waals surface area (Å²) in [5, 5.41) is 8.13. The van der Waals surface area contributed by atoms with Crippen LogP contribution in [0.2, 0.25) is 0 Å². The Balaban J connectivity index is 2.14. The minimum Gasteiger partial charge on any atom is -0.330 e. The third kappa shape index (κ3) is 2.96. The largest absolute Gasteiger partial charge is 0.330 e. The van der Waals surface area contributed by atoms with Gasteiger partial charge < -0.3 is 5.73 Å². The van der Waals surface area contributed by atoms with E-state index < -0.39 is 0 Å². The molecule has 4 heteroatoms. The molecule has 0 aliphatic carbocycles. The summed E-state index contributed by atoms with van der Waals surface area (Å²) in [6.07, 6.45) is 4.95. The Labute approximate surface area is 108 Å². The van der Waals surface area contributed by atoms with E-state index in [0.29, 0.717) is 0 Å². The summed E-state index contributed by atoms with van der Waals surface area (Å²) in [4.78, 5) is 0. The molecule has 96 valence electrons. The fraction of sp³-hybridized carbons (Fsp3) is 0.429. The van der Waals surface area contributed by atoms with Crippen molar-refractivity contribution in [2.45, 2.75) is 32.7 Å². The maximum absolute atomic E-state index is 5.50. The number of unbranched alkanes of at least 4 members (excludes halogenated alkanes) is 1. The molecule has 0 fully saturated rings. The van der Waals surface area contributed by atoms with Crippen molar-refractivity contribution in [2.24, 2.45) is 5.73 Å². The molecule has 18 heavy (non-hydrogen) atoms. The molecule has 0 saturated heterocycles. The number of nitrogens with two attached hydrogens (primary N) is 1. The molecule has 0 bridgehead atoms. The van der Waals surface area contributed by atoms with Crippen LogP contribution in [-0.2, 0) is 13.0 Å². The van der Waals surface area contributed by atoms with Crippen LogP contribution >= 0.6 is 0 Å². The lowest BCUT2D eigenvalue weighted by molar-refractivity contribution is 0.549. The highest BCUT2D eigenvalue weighted by Gasteiger charge is 2.06. The van der Waals surface area contributed by atoms with Gasteiger partial charge in [-0.05, 0) is 31.4 Å². The first-order valence-corrected chi connectivity index (χ1v) is 6.53. The Kier molecular flexibility index (Phi) is 4.47. The predicted molar refractivity (Wildman–Crippen MR) is 73.1 cm³/mol. The predicted octanol–water partition coefficient (Wildman–Crippen LogP) is 2.25. The first-order valence-electron chi connectivity index (χ1n) is 6.53.